The molecule has 1 atom stereocenters. The van der Waals surface area contributed by atoms with E-state index >= 15 is 0 Å². The highest BCUT2D eigenvalue weighted by atomic mass is 16.5. The minimum atomic E-state index is 0.371. The quantitative estimate of drug-likeness (QED) is 0.844. The third-order valence-electron chi connectivity index (χ3n) is 3.60. The molecular formula is C18H23NO. The van der Waals surface area contributed by atoms with Crippen LogP contribution in [-0.4, -0.2) is 6.54 Å². The fraction of sp³-hybridized carbons (Fsp3) is 0.333. The number of nitrogens with one attached hydrogen (secondary N) is 1. The van der Waals surface area contributed by atoms with E-state index < -0.39 is 0 Å². The van der Waals surface area contributed by atoms with Gasteiger partial charge in [-0.25, -0.2) is 0 Å². The van der Waals surface area contributed by atoms with Crippen LogP contribution in [0.25, 0.3) is 0 Å². The molecule has 20 heavy (non-hydrogen) atoms. The number of aryl methyl sites for hydroxylation is 2. The lowest BCUT2D eigenvalue weighted by atomic mass is 10.1. The zero-order valence-corrected chi connectivity index (χ0v) is 12.7. The molecule has 2 nitrogen and oxygen atoms in total. The third-order valence-corrected chi connectivity index (χ3v) is 3.60. The molecule has 0 saturated carbocycles. The van der Waals surface area contributed by atoms with Gasteiger partial charge in [-0.05, 0) is 68.3 Å². The second kappa shape index (κ2) is 6.58. The SMILES string of the molecule is CCNC(C)c1ccc(Oc2ccc(C)c(C)c2)cc1. The van der Waals surface area contributed by atoms with E-state index in [1.165, 1.54) is 16.7 Å². The van der Waals surface area contributed by atoms with Crippen molar-refractivity contribution in [1.29, 1.82) is 0 Å². The Morgan fingerprint density at radius 3 is 2.20 bits per heavy atom. The van der Waals surface area contributed by atoms with E-state index in [9.17, 15) is 0 Å². The van der Waals surface area contributed by atoms with Gasteiger partial charge in [-0.15, -0.1) is 0 Å². The van der Waals surface area contributed by atoms with Crippen LogP contribution in [0.5, 0.6) is 11.5 Å². The predicted molar refractivity (Wildman–Crippen MR) is 84.5 cm³/mol. The van der Waals surface area contributed by atoms with Crippen LogP contribution in [-0.2, 0) is 0 Å². The molecule has 1 unspecified atom stereocenters. The molecule has 0 aliphatic carbocycles. The van der Waals surface area contributed by atoms with Crippen molar-refractivity contribution in [2.24, 2.45) is 0 Å². The van der Waals surface area contributed by atoms with Crippen molar-refractivity contribution in [2.45, 2.75) is 33.7 Å². The summed E-state index contributed by atoms with van der Waals surface area (Å²) in [4.78, 5) is 0. The maximum absolute atomic E-state index is 5.89. The first-order valence-electron chi connectivity index (χ1n) is 7.18. The van der Waals surface area contributed by atoms with Crippen molar-refractivity contribution in [2.75, 3.05) is 6.54 Å². The molecule has 1 N–H and O–H groups in total. The Hall–Kier alpha value is -1.80. The Kier molecular flexibility index (Phi) is 4.80. The van der Waals surface area contributed by atoms with E-state index in [4.69, 9.17) is 4.74 Å². The average Bonchev–Trinajstić information content (AvgIpc) is 2.44. The number of hydrogen-bond acceptors (Lipinski definition) is 2. The Morgan fingerprint density at radius 1 is 0.950 bits per heavy atom. The van der Waals surface area contributed by atoms with Gasteiger partial charge in [0.1, 0.15) is 11.5 Å². The number of ether oxygens (including phenoxy) is 1. The summed E-state index contributed by atoms with van der Waals surface area (Å²) in [7, 11) is 0. The highest BCUT2D eigenvalue weighted by Crippen LogP contribution is 2.25. The molecule has 2 aromatic carbocycles. The van der Waals surface area contributed by atoms with Crippen LogP contribution < -0.4 is 10.1 Å². The van der Waals surface area contributed by atoms with Crippen LogP contribution >= 0.6 is 0 Å². The van der Waals surface area contributed by atoms with Gasteiger partial charge in [0.25, 0.3) is 0 Å². The number of benzene rings is 2. The fourth-order valence-corrected chi connectivity index (χ4v) is 2.16. The second-order valence-corrected chi connectivity index (χ2v) is 5.20. The van der Waals surface area contributed by atoms with Gasteiger partial charge >= 0.3 is 0 Å². The van der Waals surface area contributed by atoms with Crippen molar-refractivity contribution in [3.63, 3.8) is 0 Å². The molecule has 0 radical (unpaired) electrons. The monoisotopic (exact) mass is 269 g/mol. The molecule has 0 spiro atoms. The minimum absolute atomic E-state index is 0.371. The summed E-state index contributed by atoms with van der Waals surface area (Å²) in [6, 6.07) is 14.8. The molecular weight excluding hydrogens is 246 g/mol. The van der Waals surface area contributed by atoms with Gasteiger partial charge in [-0.2, -0.15) is 0 Å². The summed E-state index contributed by atoms with van der Waals surface area (Å²) in [5, 5.41) is 3.40. The molecule has 0 aliphatic heterocycles. The molecule has 106 valence electrons. The van der Waals surface area contributed by atoms with E-state index in [1.54, 1.807) is 0 Å². The summed E-state index contributed by atoms with van der Waals surface area (Å²) < 4.78 is 5.89. The summed E-state index contributed by atoms with van der Waals surface area (Å²) in [5.41, 5.74) is 3.81. The van der Waals surface area contributed by atoms with E-state index in [-0.39, 0.29) is 0 Å². The maximum atomic E-state index is 5.89. The Balaban J connectivity index is 2.08. The van der Waals surface area contributed by atoms with Gasteiger partial charge in [0.15, 0.2) is 0 Å². The highest BCUT2D eigenvalue weighted by molar-refractivity contribution is 5.38. The van der Waals surface area contributed by atoms with Gasteiger partial charge in [0.05, 0.1) is 0 Å². The van der Waals surface area contributed by atoms with Crippen LogP contribution in [0, 0.1) is 13.8 Å². The van der Waals surface area contributed by atoms with E-state index in [2.05, 4.69) is 57.3 Å². The van der Waals surface area contributed by atoms with Crippen LogP contribution in [0.2, 0.25) is 0 Å². The van der Waals surface area contributed by atoms with Crippen LogP contribution in [0.4, 0.5) is 0 Å². The molecule has 0 bridgehead atoms. The fourth-order valence-electron chi connectivity index (χ4n) is 2.16. The Bertz CT molecular complexity index is 560. The minimum Gasteiger partial charge on any atom is -0.457 e. The highest BCUT2D eigenvalue weighted by Gasteiger charge is 2.04. The molecule has 2 heteroatoms. The topological polar surface area (TPSA) is 21.3 Å². The summed E-state index contributed by atoms with van der Waals surface area (Å²) in [5.74, 6) is 1.77. The van der Waals surface area contributed by atoms with Crippen molar-refractivity contribution >= 4 is 0 Å². The van der Waals surface area contributed by atoms with Gasteiger partial charge in [-0.3, -0.25) is 0 Å². The van der Waals surface area contributed by atoms with E-state index in [1.807, 2.05) is 18.2 Å². The maximum Gasteiger partial charge on any atom is 0.127 e. The summed E-state index contributed by atoms with van der Waals surface area (Å²) >= 11 is 0. The zero-order valence-electron chi connectivity index (χ0n) is 12.7. The first-order chi connectivity index (χ1) is 9.60. The largest absolute Gasteiger partial charge is 0.457 e. The van der Waals surface area contributed by atoms with Gasteiger partial charge in [0.2, 0.25) is 0 Å². The van der Waals surface area contributed by atoms with E-state index in [0.29, 0.717) is 6.04 Å². The van der Waals surface area contributed by atoms with Crippen molar-refractivity contribution < 1.29 is 4.74 Å². The second-order valence-electron chi connectivity index (χ2n) is 5.20. The molecule has 0 amide bonds. The lowest BCUT2D eigenvalue weighted by molar-refractivity contribution is 0.481. The first-order valence-corrected chi connectivity index (χ1v) is 7.18. The molecule has 2 rings (SSSR count). The molecule has 0 aromatic heterocycles. The van der Waals surface area contributed by atoms with Crippen LogP contribution in [0.3, 0.4) is 0 Å². The first kappa shape index (κ1) is 14.6. The third kappa shape index (κ3) is 3.61. The number of hydrogen-bond donors (Lipinski definition) is 1. The van der Waals surface area contributed by atoms with Crippen LogP contribution in [0.15, 0.2) is 42.5 Å². The Morgan fingerprint density at radius 2 is 1.60 bits per heavy atom. The summed E-state index contributed by atoms with van der Waals surface area (Å²) in [6.07, 6.45) is 0. The smallest absolute Gasteiger partial charge is 0.127 e. The zero-order chi connectivity index (χ0) is 14.5. The van der Waals surface area contributed by atoms with Crippen molar-refractivity contribution in [1.82, 2.24) is 5.32 Å². The lowest BCUT2D eigenvalue weighted by Crippen LogP contribution is -2.17. The molecule has 0 fully saturated rings. The van der Waals surface area contributed by atoms with Gasteiger partial charge < -0.3 is 10.1 Å². The normalized spacial score (nSPS) is 12.2. The molecule has 0 heterocycles. The molecule has 2 aromatic rings. The number of rotatable bonds is 5. The van der Waals surface area contributed by atoms with Crippen molar-refractivity contribution in [3.8, 4) is 11.5 Å². The molecule has 0 aliphatic rings. The van der Waals surface area contributed by atoms with E-state index in [0.717, 1.165) is 18.0 Å². The van der Waals surface area contributed by atoms with Crippen LogP contribution in [0.1, 0.15) is 36.6 Å². The van der Waals surface area contributed by atoms with Gasteiger partial charge in [0, 0.05) is 6.04 Å². The summed E-state index contributed by atoms with van der Waals surface area (Å²) in [6.45, 7) is 9.47. The Labute approximate surface area is 121 Å². The predicted octanol–water partition coefficient (Wildman–Crippen LogP) is 4.77. The average molecular weight is 269 g/mol. The van der Waals surface area contributed by atoms with Crippen molar-refractivity contribution in [3.05, 3.63) is 59.2 Å². The molecule has 0 saturated heterocycles. The standard InChI is InChI=1S/C18H23NO/c1-5-19-15(4)16-7-10-17(11-8-16)20-18-9-6-13(2)14(3)12-18/h6-12,15,19H,5H2,1-4H3. The lowest BCUT2D eigenvalue weighted by Gasteiger charge is -2.13. The van der Waals surface area contributed by atoms with Gasteiger partial charge in [-0.1, -0.05) is 25.1 Å².